The molecule has 2 aromatic rings. The Morgan fingerprint density at radius 2 is 2.15 bits per heavy atom. The Bertz CT molecular complexity index is 617. The first-order valence-electron chi connectivity index (χ1n) is 6.61. The first-order valence-corrected chi connectivity index (χ1v) is 7.78. The summed E-state index contributed by atoms with van der Waals surface area (Å²) in [5.74, 6) is 0.962. The monoisotopic (exact) mass is 351 g/mol. The molecule has 1 aliphatic heterocycles. The van der Waals surface area contributed by atoms with E-state index >= 15 is 0 Å². The molecular formula is C16H15BrClNO. The Kier molecular flexibility index (Phi) is 4.29. The molecule has 0 aromatic heterocycles. The summed E-state index contributed by atoms with van der Waals surface area (Å²) in [6.07, 6.45) is 1.11. The highest BCUT2D eigenvalue weighted by molar-refractivity contribution is 9.10. The van der Waals surface area contributed by atoms with Gasteiger partial charge in [0.2, 0.25) is 0 Å². The zero-order valence-electron chi connectivity index (χ0n) is 10.9. The molecule has 0 saturated heterocycles. The van der Waals surface area contributed by atoms with Crippen LogP contribution in [0, 0.1) is 0 Å². The van der Waals surface area contributed by atoms with Crippen LogP contribution >= 0.6 is 27.5 Å². The van der Waals surface area contributed by atoms with Gasteiger partial charge in [-0.2, -0.15) is 0 Å². The first kappa shape index (κ1) is 13.9. The van der Waals surface area contributed by atoms with Crippen LogP contribution < -0.4 is 10.1 Å². The van der Waals surface area contributed by atoms with E-state index in [4.69, 9.17) is 16.3 Å². The standard InChI is InChI=1S/C16H15BrClNO/c17-13-3-1-2-11(6-13)9-19-10-15-8-12-7-14(18)4-5-16(12)20-15/h1-7,15,19H,8-10H2. The van der Waals surface area contributed by atoms with Crippen molar-refractivity contribution < 1.29 is 4.74 Å². The third kappa shape index (κ3) is 3.35. The minimum Gasteiger partial charge on any atom is -0.488 e. The zero-order valence-corrected chi connectivity index (χ0v) is 13.2. The number of hydrogen-bond acceptors (Lipinski definition) is 2. The highest BCUT2D eigenvalue weighted by Crippen LogP contribution is 2.30. The van der Waals surface area contributed by atoms with E-state index in [1.807, 2.05) is 30.3 Å². The summed E-state index contributed by atoms with van der Waals surface area (Å²) in [6.45, 7) is 1.68. The molecule has 1 unspecified atom stereocenters. The number of ether oxygens (including phenoxy) is 1. The SMILES string of the molecule is Clc1ccc2c(c1)CC(CNCc1cccc(Br)c1)O2. The smallest absolute Gasteiger partial charge is 0.123 e. The highest BCUT2D eigenvalue weighted by Gasteiger charge is 2.22. The molecule has 0 aliphatic carbocycles. The van der Waals surface area contributed by atoms with Gasteiger partial charge in [0, 0.05) is 29.0 Å². The molecule has 1 heterocycles. The molecule has 1 aliphatic rings. The van der Waals surface area contributed by atoms with Crippen LogP contribution in [-0.2, 0) is 13.0 Å². The second-order valence-electron chi connectivity index (χ2n) is 4.96. The molecule has 1 atom stereocenters. The molecular weight excluding hydrogens is 338 g/mol. The summed E-state index contributed by atoms with van der Waals surface area (Å²) in [4.78, 5) is 0. The predicted molar refractivity (Wildman–Crippen MR) is 85.4 cm³/mol. The van der Waals surface area contributed by atoms with Gasteiger partial charge >= 0.3 is 0 Å². The Morgan fingerprint density at radius 3 is 3.00 bits per heavy atom. The van der Waals surface area contributed by atoms with Crippen molar-refractivity contribution in [3.8, 4) is 5.75 Å². The van der Waals surface area contributed by atoms with Gasteiger partial charge in [-0.25, -0.2) is 0 Å². The second-order valence-corrected chi connectivity index (χ2v) is 6.31. The fraction of sp³-hybridized carbons (Fsp3) is 0.250. The molecule has 0 saturated carbocycles. The maximum atomic E-state index is 5.99. The fourth-order valence-electron chi connectivity index (χ4n) is 2.43. The van der Waals surface area contributed by atoms with Gasteiger partial charge in [0.05, 0.1) is 0 Å². The number of hydrogen-bond donors (Lipinski definition) is 1. The molecule has 4 heteroatoms. The quantitative estimate of drug-likeness (QED) is 0.890. The van der Waals surface area contributed by atoms with Crippen molar-refractivity contribution >= 4 is 27.5 Å². The van der Waals surface area contributed by atoms with E-state index in [1.165, 1.54) is 11.1 Å². The fourth-order valence-corrected chi connectivity index (χ4v) is 3.07. The second kappa shape index (κ2) is 6.17. The van der Waals surface area contributed by atoms with Gasteiger partial charge in [-0.1, -0.05) is 39.7 Å². The van der Waals surface area contributed by atoms with Crippen LogP contribution in [0.15, 0.2) is 46.9 Å². The van der Waals surface area contributed by atoms with Crippen LogP contribution in [0.2, 0.25) is 5.02 Å². The van der Waals surface area contributed by atoms with Crippen LogP contribution in [0.25, 0.3) is 0 Å². The summed E-state index contributed by atoms with van der Waals surface area (Å²) >= 11 is 9.48. The van der Waals surface area contributed by atoms with Crippen molar-refractivity contribution in [1.29, 1.82) is 0 Å². The average Bonchev–Trinajstić information content (AvgIpc) is 2.80. The van der Waals surface area contributed by atoms with Gasteiger partial charge in [-0.05, 0) is 41.5 Å². The van der Waals surface area contributed by atoms with Gasteiger partial charge in [-0.15, -0.1) is 0 Å². The van der Waals surface area contributed by atoms with E-state index in [0.29, 0.717) is 0 Å². The number of nitrogens with one attached hydrogen (secondary N) is 1. The molecule has 0 spiro atoms. The van der Waals surface area contributed by atoms with E-state index in [0.717, 1.165) is 34.8 Å². The lowest BCUT2D eigenvalue weighted by Crippen LogP contribution is -2.29. The largest absolute Gasteiger partial charge is 0.488 e. The maximum Gasteiger partial charge on any atom is 0.123 e. The molecule has 2 nitrogen and oxygen atoms in total. The minimum atomic E-state index is 0.190. The number of fused-ring (bicyclic) bond motifs is 1. The summed E-state index contributed by atoms with van der Waals surface area (Å²) < 4.78 is 7.00. The van der Waals surface area contributed by atoms with Crippen LogP contribution in [0.4, 0.5) is 0 Å². The number of halogens is 2. The summed E-state index contributed by atoms with van der Waals surface area (Å²) in [6, 6.07) is 14.1. The summed E-state index contributed by atoms with van der Waals surface area (Å²) in [5, 5.41) is 4.21. The average molecular weight is 353 g/mol. The molecule has 104 valence electrons. The minimum absolute atomic E-state index is 0.190. The first-order chi connectivity index (χ1) is 9.70. The maximum absolute atomic E-state index is 5.99. The van der Waals surface area contributed by atoms with Gasteiger partial charge in [-0.3, -0.25) is 0 Å². The van der Waals surface area contributed by atoms with Gasteiger partial charge in [0.1, 0.15) is 11.9 Å². The van der Waals surface area contributed by atoms with E-state index in [1.54, 1.807) is 0 Å². The Labute approximate surface area is 132 Å². The molecule has 20 heavy (non-hydrogen) atoms. The van der Waals surface area contributed by atoms with Crippen molar-refractivity contribution in [2.24, 2.45) is 0 Å². The molecule has 1 N–H and O–H groups in total. The third-order valence-electron chi connectivity index (χ3n) is 3.35. The van der Waals surface area contributed by atoms with E-state index < -0.39 is 0 Å². The molecule has 0 bridgehead atoms. The van der Waals surface area contributed by atoms with Crippen molar-refractivity contribution in [3.05, 3.63) is 63.1 Å². The molecule has 2 aromatic carbocycles. The predicted octanol–water partition coefficient (Wildman–Crippen LogP) is 4.20. The molecule has 0 amide bonds. The van der Waals surface area contributed by atoms with Crippen molar-refractivity contribution in [2.75, 3.05) is 6.54 Å². The lowest BCUT2D eigenvalue weighted by Gasteiger charge is -2.12. The van der Waals surface area contributed by atoms with E-state index in [-0.39, 0.29) is 6.10 Å². The summed E-state index contributed by atoms with van der Waals surface area (Å²) in [5.41, 5.74) is 2.46. The van der Waals surface area contributed by atoms with Crippen LogP contribution in [-0.4, -0.2) is 12.6 Å². The summed E-state index contributed by atoms with van der Waals surface area (Å²) in [7, 11) is 0. The Balaban J connectivity index is 1.51. The normalized spacial score (nSPS) is 16.8. The number of rotatable bonds is 4. The third-order valence-corrected chi connectivity index (χ3v) is 4.08. The molecule has 0 radical (unpaired) electrons. The van der Waals surface area contributed by atoms with Gasteiger partial charge in [0.25, 0.3) is 0 Å². The number of benzene rings is 2. The van der Waals surface area contributed by atoms with Crippen molar-refractivity contribution in [3.63, 3.8) is 0 Å². The Hall–Kier alpha value is -1.03. The van der Waals surface area contributed by atoms with Crippen LogP contribution in [0.3, 0.4) is 0 Å². The lowest BCUT2D eigenvalue weighted by atomic mass is 10.1. The zero-order chi connectivity index (χ0) is 13.9. The lowest BCUT2D eigenvalue weighted by molar-refractivity contribution is 0.227. The van der Waals surface area contributed by atoms with Crippen LogP contribution in [0.1, 0.15) is 11.1 Å². The Morgan fingerprint density at radius 1 is 1.25 bits per heavy atom. The van der Waals surface area contributed by atoms with Gasteiger partial charge < -0.3 is 10.1 Å². The van der Waals surface area contributed by atoms with Crippen molar-refractivity contribution in [1.82, 2.24) is 5.32 Å². The van der Waals surface area contributed by atoms with Crippen LogP contribution in [0.5, 0.6) is 5.75 Å². The molecule has 3 rings (SSSR count). The molecule has 0 fully saturated rings. The highest BCUT2D eigenvalue weighted by atomic mass is 79.9. The van der Waals surface area contributed by atoms with Crippen molar-refractivity contribution in [2.45, 2.75) is 19.1 Å². The van der Waals surface area contributed by atoms with E-state index in [9.17, 15) is 0 Å². The van der Waals surface area contributed by atoms with E-state index in [2.05, 4.69) is 33.4 Å². The van der Waals surface area contributed by atoms with Gasteiger partial charge in [0.15, 0.2) is 0 Å². The topological polar surface area (TPSA) is 21.3 Å².